The summed E-state index contributed by atoms with van der Waals surface area (Å²) in [5.74, 6) is 0.713. The molecule has 1 aliphatic rings. The minimum atomic E-state index is 0.713. The van der Waals surface area contributed by atoms with Crippen molar-refractivity contribution in [3.05, 3.63) is 35.4 Å². The van der Waals surface area contributed by atoms with Crippen molar-refractivity contribution < 1.29 is 0 Å². The number of benzene rings is 1. The van der Waals surface area contributed by atoms with Crippen LogP contribution in [0.5, 0.6) is 0 Å². The fourth-order valence-electron chi connectivity index (χ4n) is 2.49. The molecule has 3 nitrogen and oxygen atoms in total. The zero-order valence-electron chi connectivity index (χ0n) is 12.9. The highest BCUT2D eigenvalue weighted by Crippen LogP contribution is 2.11. The van der Waals surface area contributed by atoms with Crippen molar-refractivity contribution in [1.29, 1.82) is 5.41 Å². The first-order valence-corrected chi connectivity index (χ1v) is 8.19. The second-order valence-electron chi connectivity index (χ2n) is 5.04. The second-order valence-corrected chi connectivity index (χ2v) is 5.04. The molecule has 1 N–H and O–H groups in total. The molecule has 1 aromatic rings. The van der Waals surface area contributed by atoms with Crippen LogP contribution >= 0.6 is 12.6 Å². The van der Waals surface area contributed by atoms with Crippen LogP contribution in [0, 0.1) is 12.3 Å². The van der Waals surface area contributed by atoms with Gasteiger partial charge in [0.05, 0.1) is 0 Å². The van der Waals surface area contributed by atoms with Gasteiger partial charge in [-0.25, -0.2) is 0 Å². The van der Waals surface area contributed by atoms with Crippen molar-refractivity contribution in [3.8, 4) is 0 Å². The summed E-state index contributed by atoms with van der Waals surface area (Å²) in [5.41, 5.74) is 2.69. The fourth-order valence-corrected chi connectivity index (χ4v) is 2.49. The molecule has 20 heavy (non-hydrogen) atoms. The van der Waals surface area contributed by atoms with Gasteiger partial charge >= 0.3 is 0 Å². The molecule has 0 unspecified atom stereocenters. The van der Waals surface area contributed by atoms with E-state index in [9.17, 15) is 0 Å². The lowest BCUT2D eigenvalue weighted by Gasteiger charge is -2.21. The summed E-state index contributed by atoms with van der Waals surface area (Å²) in [6, 6.07) is 8.66. The molecular weight excluding hydrogens is 266 g/mol. The van der Waals surface area contributed by atoms with E-state index in [4.69, 9.17) is 5.41 Å². The van der Waals surface area contributed by atoms with E-state index in [1.54, 1.807) is 6.26 Å². The zero-order valence-corrected chi connectivity index (χ0v) is 13.8. The molecule has 1 fully saturated rings. The number of nitrogens with one attached hydrogen (secondary N) is 1. The molecule has 1 aromatic carbocycles. The topological polar surface area (TPSA) is 30.3 Å². The summed E-state index contributed by atoms with van der Waals surface area (Å²) in [6.45, 7) is 8.29. The van der Waals surface area contributed by atoms with Crippen LogP contribution in [0.3, 0.4) is 0 Å². The molecule has 0 bridgehead atoms. The Bertz CT molecular complexity index is 420. The van der Waals surface area contributed by atoms with E-state index in [-0.39, 0.29) is 0 Å². The van der Waals surface area contributed by atoms with Crippen LogP contribution in [0.2, 0.25) is 0 Å². The molecule has 1 heterocycles. The highest BCUT2D eigenvalue weighted by molar-refractivity contribution is 7.79. The summed E-state index contributed by atoms with van der Waals surface area (Å²) in [7, 11) is 0. The number of rotatable bonds is 5. The van der Waals surface area contributed by atoms with E-state index < -0.39 is 0 Å². The predicted molar refractivity (Wildman–Crippen MR) is 91.0 cm³/mol. The van der Waals surface area contributed by atoms with Gasteiger partial charge in [-0.2, -0.15) is 12.6 Å². The van der Waals surface area contributed by atoms with Gasteiger partial charge in [0.2, 0.25) is 0 Å². The lowest BCUT2D eigenvalue weighted by Crippen LogP contribution is -2.34. The average Bonchev–Trinajstić information content (AvgIpc) is 2.81. The molecule has 4 heteroatoms. The first-order valence-electron chi connectivity index (χ1n) is 7.29. The van der Waals surface area contributed by atoms with Gasteiger partial charge in [-0.3, -0.25) is 5.41 Å². The van der Waals surface area contributed by atoms with Gasteiger partial charge in [-0.1, -0.05) is 36.8 Å². The molecule has 0 amide bonds. The van der Waals surface area contributed by atoms with Gasteiger partial charge < -0.3 is 9.80 Å². The van der Waals surface area contributed by atoms with Crippen LogP contribution in [0.15, 0.2) is 24.3 Å². The summed E-state index contributed by atoms with van der Waals surface area (Å²) >= 11 is 3.53. The van der Waals surface area contributed by atoms with E-state index in [0.29, 0.717) is 5.96 Å². The molecule has 0 spiro atoms. The molecule has 0 atom stereocenters. The van der Waals surface area contributed by atoms with Gasteiger partial charge in [0.25, 0.3) is 0 Å². The lowest BCUT2D eigenvalue weighted by atomic mass is 10.1. The Morgan fingerprint density at radius 2 is 1.80 bits per heavy atom. The minimum Gasteiger partial charge on any atom is -0.341 e. The summed E-state index contributed by atoms with van der Waals surface area (Å²) in [5, 5.41) is 8.13. The summed E-state index contributed by atoms with van der Waals surface area (Å²) < 4.78 is 0. The number of nitrogens with zero attached hydrogens (tertiary/aromatic N) is 2. The number of aryl methyl sites for hydroxylation is 1. The first kappa shape index (κ1) is 16.9. The number of hydrogen-bond acceptors (Lipinski definition) is 2. The van der Waals surface area contributed by atoms with Crippen molar-refractivity contribution in [2.24, 2.45) is 0 Å². The van der Waals surface area contributed by atoms with E-state index in [0.717, 1.165) is 39.0 Å². The lowest BCUT2D eigenvalue weighted by molar-refractivity contribution is 0.456. The van der Waals surface area contributed by atoms with Crippen LogP contribution < -0.4 is 0 Å². The Balaban J connectivity index is 0.000000956. The summed E-state index contributed by atoms with van der Waals surface area (Å²) in [4.78, 5) is 4.37. The van der Waals surface area contributed by atoms with E-state index in [1.807, 2.05) is 0 Å². The Morgan fingerprint density at radius 1 is 1.15 bits per heavy atom. The molecule has 1 saturated heterocycles. The van der Waals surface area contributed by atoms with Crippen LogP contribution in [-0.2, 0) is 6.42 Å². The van der Waals surface area contributed by atoms with Crippen LogP contribution in [0.4, 0.5) is 0 Å². The molecule has 0 radical (unpaired) electrons. The second kappa shape index (κ2) is 8.90. The van der Waals surface area contributed by atoms with E-state index in [1.165, 1.54) is 11.1 Å². The molecule has 0 saturated carbocycles. The predicted octanol–water partition coefficient (Wildman–Crippen LogP) is 3.05. The van der Waals surface area contributed by atoms with Gasteiger partial charge in [0.15, 0.2) is 5.96 Å². The van der Waals surface area contributed by atoms with Crippen LogP contribution in [0.1, 0.15) is 24.5 Å². The van der Waals surface area contributed by atoms with Crippen molar-refractivity contribution in [2.45, 2.75) is 26.7 Å². The van der Waals surface area contributed by atoms with Gasteiger partial charge in [0, 0.05) is 26.2 Å². The Labute approximate surface area is 128 Å². The van der Waals surface area contributed by atoms with Crippen LogP contribution in [-0.4, -0.2) is 48.2 Å². The SMILES string of the molecule is CCCN1CCN(CCc2cccc(C)c2)C1=N.CS. The normalized spacial score (nSPS) is 14.3. The van der Waals surface area contributed by atoms with Gasteiger partial charge in [0.1, 0.15) is 0 Å². The largest absolute Gasteiger partial charge is 0.341 e. The average molecular weight is 293 g/mol. The maximum Gasteiger partial charge on any atom is 0.193 e. The van der Waals surface area contributed by atoms with E-state index >= 15 is 0 Å². The van der Waals surface area contributed by atoms with Gasteiger partial charge in [-0.15, -0.1) is 0 Å². The van der Waals surface area contributed by atoms with Crippen molar-refractivity contribution >= 4 is 18.6 Å². The van der Waals surface area contributed by atoms with Crippen molar-refractivity contribution in [2.75, 3.05) is 32.4 Å². The first-order chi connectivity index (χ1) is 9.70. The number of hydrogen-bond donors (Lipinski definition) is 2. The molecular formula is C16H27N3S. The number of guanidine groups is 1. The third-order valence-corrected chi connectivity index (χ3v) is 3.49. The third-order valence-electron chi connectivity index (χ3n) is 3.49. The molecule has 2 rings (SSSR count). The minimum absolute atomic E-state index is 0.713. The molecule has 112 valence electrons. The molecule has 1 aliphatic heterocycles. The smallest absolute Gasteiger partial charge is 0.193 e. The quantitative estimate of drug-likeness (QED) is 0.817. The third kappa shape index (κ3) is 4.75. The highest BCUT2D eigenvalue weighted by atomic mass is 32.1. The maximum atomic E-state index is 8.13. The maximum absolute atomic E-state index is 8.13. The Morgan fingerprint density at radius 3 is 2.40 bits per heavy atom. The number of thiol groups is 1. The van der Waals surface area contributed by atoms with E-state index in [2.05, 4.69) is 60.5 Å². The fraction of sp³-hybridized carbons (Fsp3) is 0.562. The highest BCUT2D eigenvalue weighted by Gasteiger charge is 2.23. The summed E-state index contributed by atoms with van der Waals surface area (Å²) in [6.07, 6.45) is 3.85. The van der Waals surface area contributed by atoms with Gasteiger partial charge in [-0.05, 0) is 31.6 Å². The van der Waals surface area contributed by atoms with Crippen molar-refractivity contribution in [3.63, 3.8) is 0 Å². The Kier molecular flexibility index (Phi) is 7.52. The molecule has 0 aliphatic carbocycles. The molecule has 0 aromatic heterocycles. The van der Waals surface area contributed by atoms with Crippen LogP contribution in [0.25, 0.3) is 0 Å². The standard InChI is InChI=1S/C15H23N3.CH4S/c1-3-8-17-10-11-18(15(17)16)9-7-14-6-4-5-13(2)12-14;1-2/h4-6,12,16H,3,7-11H2,1-2H3;2H,1H3. The Hall–Kier alpha value is -1.16. The van der Waals surface area contributed by atoms with Crippen molar-refractivity contribution in [1.82, 2.24) is 9.80 Å². The monoisotopic (exact) mass is 293 g/mol. The zero-order chi connectivity index (χ0) is 15.0.